The summed E-state index contributed by atoms with van der Waals surface area (Å²) in [5.74, 6) is -0.104. The highest BCUT2D eigenvalue weighted by atomic mass is 16.3. The summed E-state index contributed by atoms with van der Waals surface area (Å²) in [6.45, 7) is 2.46. The minimum atomic E-state index is -0.584. The maximum atomic E-state index is 12.0. The lowest BCUT2D eigenvalue weighted by Crippen LogP contribution is -2.53. The number of piperidine rings is 1. The zero-order chi connectivity index (χ0) is 16.8. The molecule has 0 unspecified atom stereocenters. The Balaban J connectivity index is 1.42. The van der Waals surface area contributed by atoms with Gasteiger partial charge < -0.3 is 10.4 Å². The monoisotopic (exact) mass is 331 g/mol. The van der Waals surface area contributed by atoms with Gasteiger partial charge >= 0.3 is 0 Å². The van der Waals surface area contributed by atoms with Gasteiger partial charge in [0.15, 0.2) is 0 Å². The van der Waals surface area contributed by atoms with Crippen molar-refractivity contribution in [3.63, 3.8) is 0 Å². The van der Waals surface area contributed by atoms with Crippen LogP contribution in [0.4, 0.5) is 0 Å². The van der Waals surface area contributed by atoms with E-state index in [1.54, 1.807) is 6.20 Å². The minimum absolute atomic E-state index is 0.104. The summed E-state index contributed by atoms with van der Waals surface area (Å²) in [5.41, 5.74) is 0.980. The van der Waals surface area contributed by atoms with Gasteiger partial charge in [-0.3, -0.25) is 14.7 Å². The Morgan fingerprint density at radius 1 is 1.42 bits per heavy atom. The van der Waals surface area contributed by atoms with Crippen molar-refractivity contribution in [1.29, 1.82) is 0 Å². The average Bonchev–Trinajstić information content (AvgIpc) is 3.10. The van der Waals surface area contributed by atoms with Gasteiger partial charge in [0.2, 0.25) is 5.91 Å². The highest BCUT2D eigenvalue weighted by Gasteiger charge is 2.28. The van der Waals surface area contributed by atoms with Crippen LogP contribution >= 0.6 is 0 Å². The molecule has 1 fully saturated rings. The summed E-state index contributed by atoms with van der Waals surface area (Å²) in [5, 5.41) is 24.0. The highest BCUT2D eigenvalue weighted by molar-refractivity contribution is 5.76. The van der Waals surface area contributed by atoms with Crippen LogP contribution in [0.2, 0.25) is 0 Å². The van der Waals surface area contributed by atoms with Crippen molar-refractivity contribution in [3.8, 4) is 0 Å². The summed E-state index contributed by atoms with van der Waals surface area (Å²) >= 11 is 0. The number of carbonyl (C=O) groups is 1. The van der Waals surface area contributed by atoms with E-state index in [1.165, 1.54) is 11.0 Å². The molecule has 2 N–H and O–H groups in total. The first-order chi connectivity index (χ1) is 11.7. The second kappa shape index (κ2) is 7.93. The molecular weight excluding hydrogens is 310 g/mol. The van der Waals surface area contributed by atoms with Crippen molar-refractivity contribution in [2.75, 3.05) is 13.1 Å². The number of aryl methyl sites for hydroxylation is 1. The van der Waals surface area contributed by atoms with Gasteiger partial charge in [0, 0.05) is 32.3 Å². The van der Waals surface area contributed by atoms with Gasteiger partial charge in [-0.15, -0.1) is 5.10 Å². The van der Waals surface area contributed by atoms with Crippen LogP contribution in [0.1, 0.15) is 18.5 Å². The number of hydrogen-bond donors (Lipinski definition) is 2. The Morgan fingerprint density at radius 2 is 2.33 bits per heavy atom. The number of likely N-dealkylation sites (tertiary alicyclic amines) is 1. The van der Waals surface area contributed by atoms with E-state index >= 15 is 0 Å². The molecule has 1 aliphatic heterocycles. The zero-order valence-corrected chi connectivity index (χ0v) is 13.3. The Labute approximate surface area is 139 Å². The molecule has 9 heteroatoms. The lowest BCUT2D eigenvalue weighted by molar-refractivity contribution is -0.123. The van der Waals surface area contributed by atoms with Gasteiger partial charge in [0.1, 0.15) is 6.33 Å². The van der Waals surface area contributed by atoms with Crippen molar-refractivity contribution < 1.29 is 9.90 Å². The number of carbonyl (C=O) groups excluding carboxylic acids is 1. The zero-order valence-electron chi connectivity index (χ0n) is 13.3. The second-order valence-electron chi connectivity index (χ2n) is 5.91. The minimum Gasteiger partial charge on any atom is -0.390 e. The smallest absolute Gasteiger partial charge is 0.222 e. The third kappa shape index (κ3) is 4.56. The molecular formula is C15H21N7O2. The van der Waals surface area contributed by atoms with E-state index in [9.17, 15) is 9.90 Å². The van der Waals surface area contributed by atoms with Crippen LogP contribution in [-0.2, 0) is 17.9 Å². The first-order valence-electron chi connectivity index (χ1n) is 8.01. The van der Waals surface area contributed by atoms with Crippen molar-refractivity contribution in [1.82, 2.24) is 35.4 Å². The Kier molecular flexibility index (Phi) is 5.44. The molecule has 0 spiro atoms. The van der Waals surface area contributed by atoms with Gasteiger partial charge in [-0.1, -0.05) is 6.07 Å². The molecule has 0 saturated carbocycles. The van der Waals surface area contributed by atoms with Crippen molar-refractivity contribution in [2.45, 2.75) is 38.1 Å². The standard InChI is InChI=1S/C15H21N7O2/c23-14-10-21(9-12-3-1-2-6-16-12)7-4-13(14)18-15(24)5-8-22-11-17-19-20-22/h1-3,6,11,13-14,23H,4-5,7-10H2,(H,18,24)/t13-,14-/m1/s1. The molecule has 2 aromatic heterocycles. The first-order valence-corrected chi connectivity index (χ1v) is 8.01. The van der Waals surface area contributed by atoms with Crippen LogP contribution in [0.5, 0.6) is 0 Å². The number of nitrogens with zero attached hydrogens (tertiary/aromatic N) is 6. The van der Waals surface area contributed by atoms with E-state index in [0.717, 1.165) is 12.2 Å². The SMILES string of the molecule is O=C(CCn1cnnn1)N[C@@H]1CCN(Cc2ccccn2)C[C@H]1O. The fraction of sp³-hybridized carbons (Fsp3) is 0.533. The Morgan fingerprint density at radius 3 is 3.04 bits per heavy atom. The molecule has 24 heavy (non-hydrogen) atoms. The normalized spacial score (nSPS) is 21.5. The molecule has 1 amide bonds. The van der Waals surface area contributed by atoms with Gasteiger partial charge in [0.25, 0.3) is 0 Å². The highest BCUT2D eigenvalue weighted by Crippen LogP contribution is 2.14. The molecule has 1 saturated heterocycles. The van der Waals surface area contributed by atoms with Gasteiger partial charge in [0.05, 0.1) is 24.4 Å². The summed E-state index contributed by atoms with van der Waals surface area (Å²) in [7, 11) is 0. The lowest BCUT2D eigenvalue weighted by atomic mass is 10.0. The Bertz CT molecular complexity index is 635. The molecule has 1 aliphatic rings. The maximum Gasteiger partial charge on any atom is 0.222 e. The first kappa shape index (κ1) is 16.5. The van der Waals surface area contributed by atoms with Crippen LogP contribution in [0.3, 0.4) is 0 Å². The molecule has 2 aromatic rings. The van der Waals surface area contributed by atoms with Crippen LogP contribution in [0.15, 0.2) is 30.7 Å². The largest absolute Gasteiger partial charge is 0.390 e. The molecule has 3 rings (SSSR count). The summed E-state index contributed by atoms with van der Waals surface area (Å²) in [4.78, 5) is 18.4. The van der Waals surface area contributed by atoms with Crippen LogP contribution in [0, 0.1) is 0 Å². The van der Waals surface area contributed by atoms with Crippen LogP contribution in [-0.4, -0.2) is 66.3 Å². The van der Waals surface area contributed by atoms with Crippen molar-refractivity contribution >= 4 is 5.91 Å². The third-order valence-electron chi connectivity index (χ3n) is 4.08. The molecule has 0 radical (unpaired) electrons. The number of nitrogens with one attached hydrogen (secondary N) is 1. The molecule has 0 bridgehead atoms. The van der Waals surface area contributed by atoms with Crippen LogP contribution in [0.25, 0.3) is 0 Å². The predicted molar refractivity (Wildman–Crippen MR) is 84.5 cm³/mol. The predicted octanol–water partition coefficient (Wildman–Crippen LogP) is -0.790. The number of rotatable bonds is 6. The molecule has 9 nitrogen and oxygen atoms in total. The number of hydrogen-bond acceptors (Lipinski definition) is 7. The number of aromatic nitrogens is 5. The fourth-order valence-electron chi connectivity index (χ4n) is 2.81. The second-order valence-corrected chi connectivity index (χ2v) is 5.91. The molecule has 128 valence electrons. The lowest BCUT2D eigenvalue weighted by Gasteiger charge is -2.36. The molecule has 2 atom stereocenters. The summed E-state index contributed by atoms with van der Waals surface area (Å²) in [6.07, 6.45) is 3.65. The fourth-order valence-corrected chi connectivity index (χ4v) is 2.81. The molecule has 3 heterocycles. The van der Waals surface area contributed by atoms with E-state index in [-0.39, 0.29) is 18.4 Å². The molecule has 0 aromatic carbocycles. The number of pyridine rings is 1. The van der Waals surface area contributed by atoms with E-state index in [1.807, 2.05) is 18.2 Å². The molecule has 0 aliphatic carbocycles. The van der Waals surface area contributed by atoms with Crippen LogP contribution < -0.4 is 5.32 Å². The number of β-amino-alcohol motifs (C(OH)–C–C–N with tert-alkyl or cyclic N) is 1. The third-order valence-corrected chi connectivity index (χ3v) is 4.08. The number of tetrazole rings is 1. The van der Waals surface area contributed by atoms with E-state index in [0.29, 0.717) is 26.1 Å². The summed E-state index contributed by atoms with van der Waals surface area (Å²) in [6, 6.07) is 5.59. The van der Waals surface area contributed by atoms with E-state index in [2.05, 4.69) is 30.7 Å². The van der Waals surface area contributed by atoms with Gasteiger partial charge in [-0.25, -0.2) is 4.68 Å². The summed E-state index contributed by atoms with van der Waals surface area (Å²) < 4.78 is 1.51. The topological polar surface area (TPSA) is 109 Å². The van der Waals surface area contributed by atoms with Crippen molar-refractivity contribution in [2.24, 2.45) is 0 Å². The number of aliphatic hydroxyl groups excluding tert-OH is 1. The number of amides is 1. The van der Waals surface area contributed by atoms with Gasteiger partial charge in [-0.05, 0) is 29.0 Å². The van der Waals surface area contributed by atoms with E-state index < -0.39 is 6.10 Å². The van der Waals surface area contributed by atoms with Crippen molar-refractivity contribution in [3.05, 3.63) is 36.4 Å². The van der Waals surface area contributed by atoms with E-state index in [4.69, 9.17) is 0 Å². The quantitative estimate of drug-likeness (QED) is 0.714. The maximum absolute atomic E-state index is 12.0. The van der Waals surface area contributed by atoms with Gasteiger partial charge in [-0.2, -0.15) is 0 Å². The number of aliphatic hydroxyl groups is 1. The Hall–Kier alpha value is -2.39. The average molecular weight is 331 g/mol.